The fourth-order valence-corrected chi connectivity index (χ4v) is 3.81. The first-order valence-corrected chi connectivity index (χ1v) is 10.8. The number of amides is 1. The summed E-state index contributed by atoms with van der Waals surface area (Å²) in [6.45, 7) is 0.449. The number of hydrogen-bond donors (Lipinski definition) is 2. The highest BCUT2D eigenvalue weighted by molar-refractivity contribution is 5.91. The molecule has 0 heterocycles. The van der Waals surface area contributed by atoms with Gasteiger partial charge in [0.1, 0.15) is 12.4 Å². The largest absolute Gasteiger partial charge is 0.489 e. The molecule has 5 heteroatoms. The quantitative estimate of drug-likeness (QED) is 0.335. The van der Waals surface area contributed by atoms with Crippen LogP contribution in [0.5, 0.6) is 5.75 Å². The van der Waals surface area contributed by atoms with E-state index in [1.54, 1.807) is 12.1 Å². The monoisotopic (exact) mass is 439 g/mol. The molecular formula is C28H25NO4. The molecule has 5 nitrogen and oxygen atoms in total. The smallest absolute Gasteiger partial charge is 0.303 e. The third-order valence-corrected chi connectivity index (χ3v) is 5.48. The van der Waals surface area contributed by atoms with Gasteiger partial charge in [-0.3, -0.25) is 9.59 Å². The molecule has 4 aromatic carbocycles. The lowest BCUT2D eigenvalue weighted by atomic mass is 9.92. The first-order chi connectivity index (χ1) is 16.1. The Balaban J connectivity index is 1.33. The van der Waals surface area contributed by atoms with Gasteiger partial charge < -0.3 is 15.2 Å². The predicted molar refractivity (Wildman–Crippen MR) is 129 cm³/mol. The molecule has 0 aliphatic carbocycles. The summed E-state index contributed by atoms with van der Waals surface area (Å²) in [5.74, 6) is -0.832. The van der Waals surface area contributed by atoms with Crippen LogP contribution >= 0.6 is 0 Å². The Labute approximate surface area is 192 Å². The Hall–Kier alpha value is -4.12. The minimum absolute atomic E-state index is 0.0938. The average molecular weight is 440 g/mol. The van der Waals surface area contributed by atoms with Gasteiger partial charge in [0.15, 0.2) is 0 Å². The number of benzene rings is 4. The van der Waals surface area contributed by atoms with Crippen molar-refractivity contribution >= 4 is 28.3 Å². The van der Waals surface area contributed by atoms with Gasteiger partial charge in [-0.1, -0.05) is 66.7 Å². The van der Waals surface area contributed by atoms with Gasteiger partial charge in [0.2, 0.25) is 5.91 Å². The van der Waals surface area contributed by atoms with Crippen molar-refractivity contribution in [2.75, 3.05) is 5.32 Å². The number of carbonyl (C=O) groups excluding carboxylic acids is 1. The summed E-state index contributed by atoms with van der Waals surface area (Å²) in [5.41, 5.74) is 2.56. The lowest BCUT2D eigenvalue weighted by Gasteiger charge is -2.15. The second kappa shape index (κ2) is 10.5. The van der Waals surface area contributed by atoms with Gasteiger partial charge in [0.25, 0.3) is 0 Å². The standard InChI is InChI=1S/C28H25NO4/c30-27(17-24(18-28(31)32)21-6-2-1-3-7-21)29-25-12-14-26(15-13-25)33-19-20-10-11-22-8-4-5-9-23(22)16-20/h1-16,24H,17-19H2,(H,29,30)(H,31,32). The molecule has 2 N–H and O–H groups in total. The molecule has 0 radical (unpaired) electrons. The fourth-order valence-electron chi connectivity index (χ4n) is 3.81. The van der Waals surface area contributed by atoms with Crippen LogP contribution < -0.4 is 10.1 Å². The van der Waals surface area contributed by atoms with Gasteiger partial charge >= 0.3 is 5.97 Å². The minimum atomic E-state index is -0.926. The van der Waals surface area contributed by atoms with Gasteiger partial charge in [0.05, 0.1) is 6.42 Å². The van der Waals surface area contributed by atoms with Crippen LogP contribution in [-0.2, 0) is 16.2 Å². The maximum Gasteiger partial charge on any atom is 0.303 e. The number of anilines is 1. The van der Waals surface area contributed by atoms with E-state index in [1.807, 2.05) is 54.6 Å². The molecule has 0 fully saturated rings. The lowest BCUT2D eigenvalue weighted by molar-refractivity contribution is -0.137. The first kappa shape index (κ1) is 22.1. The van der Waals surface area contributed by atoms with Crippen LogP contribution in [0.2, 0.25) is 0 Å². The highest BCUT2D eigenvalue weighted by Crippen LogP contribution is 2.25. The maximum atomic E-state index is 12.5. The van der Waals surface area contributed by atoms with Crippen LogP contribution in [0.1, 0.15) is 29.9 Å². The van der Waals surface area contributed by atoms with E-state index in [1.165, 1.54) is 10.8 Å². The van der Waals surface area contributed by atoms with Gasteiger partial charge in [-0.25, -0.2) is 0 Å². The fraction of sp³-hybridized carbons (Fsp3) is 0.143. The van der Waals surface area contributed by atoms with Crippen LogP contribution in [0.25, 0.3) is 10.8 Å². The Morgan fingerprint density at radius 1 is 0.788 bits per heavy atom. The summed E-state index contributed by atoms with van der Waals surface area (Å²) < 4.78 is 5.89. The molecule has 0 aliphatic heterocycles. The van der Waals surface area contributed by atoms with Crippen LogP contribution in [0.4, 0.5) is 5.69 Å². The Morgan fingerprint density at radius 3 is 2.21 bits per heavy atom. The number of carboxylic acids is 1. The summed E-state index contributed by atoms with van der Waals surface area (Å²) in [6.07, 6.45) is -0.00445. The van der Waals surface area contributed by atoms with Crippen molar-refractivity contribution in [3.63, 3.8) is 0 Å². The average Bonchev–Trinajstić information content (AvgIpc) is 2.83. The molecule has 0 aromatic heterocycles. The molecule has 4 aromatic rings. The van der Waals surface area contributed by atoms with Gasteiger partial charge in [0, 0.05) is 18.0 Å². The first-order valence-electron chi connectivity index (χ1n) is 10.8. The predicted octanol–water partition coefficient (Wildman–Crippen LogP) is 6.01. The van der Waals surface area contributed by atoms with E-state index in [0.29, 0.717) is 18.0 Å². The summed E-state index contributed by atoms with van der Waals surface area (Å²) in [6, 6.07) is 30.9. The summed E-state index contributed by atoms with van der Waals surface area (Å²) in [5, 5.41) is 14.4. The number of fused-ring (bicyclic) bond motifs is 1. The molecule has 1 amide bonds. The zero-order chi connectivity index (χ0) is 23.0. The van der Waals surface area contributed by atoms with Gasteiger partial charge in [-0.15, -0.1) is 0 Å². The third-order valence-electron chi connectivity index (χ3n) is 5.48. The Bertz CT molecular complexity index is 1240. The summed E-state index contributed by atoms with van der Waals surface area (Å²) >= 11 is 0. The zero-order valence-electron chi connectivity index (χ0n) is 18.1. The highest BCUT2D eigenvalue weighted by Gasteiger charge is 2.19. The molecule has 0 saturated heterocycles. The van der Waals surface area contributed by atoms with Gasteiger partial charge in [-0.2, -0.15) is 0 Å². The number of hydrogen-bond acceptors (Lipinski definition) is 3. The molecule has 0 aliphatic rings. The maximum absolute atomic E-state index is 12.5. The number of rotatable bonds is 9. The van der Waals surface area contributed by atoms with E-state index in [2.05, 4.69) is 35.6 Å². The zero-order valence-corrected chi connectivity index (χ0v) is 18.1. The van der Waals surface area contributed by atoms with E-state index < -0.39 is 5.97 Å². The number of carboxylic acid groups (broad SMARTS) is 1. The molecule has 4 rings (SSSR count). The molecule has 0 bridgehead atoms. The number of nitrogens with one attached hydrogen (secondary N) is 1. The van der Waals surface area contributed by atoms with Crippen LogP contribution in [0.15, 0.2) is 97.1 Å². The molecule has 0 saturated carbocycles. The second-order valence-electron chi connectivity index (χ2n) is 7.95. The van der Waals surface area contributed by atoms with Crippen molar-refractivity contribution in [2.45, 2.75) is 25.4 Å². The van der Waals surface area contributed by atoms with E-state index in [9.17, 15) is 14.7 Å². The minimum Gasteiger partial charge on any atom is -0.489 e. The van der Waals surface area contributed by atoms with Gasteiger partial charge in [-0.05, 0) is 52.2 Å². The van der Waals surface area contributed by atoms with E-state index in [4.69, 9.17) is 4.74 Å². The summed E-state index contributed by atoms with van der Waals surface area (Å²) in [4.78, 5) is 23.8. The second-order valence-corrected chi connectivity index (χ2v) is 7.95. The molecule has 33 heavy (non-hydrogen) atoms. The Morgan fingerprint density at radius 2 is 1.48 bits per heavy atom. The van der Waals surface area contributed by atoms with Crippen molar-refractivity contribution in [2.24, 2.45) is 0 Å². The van der Waals surface area contributed by atoms with Crippen molar-refractivity contribution in [1.29, 1.82) is 0 Å². The normalized spacial score (nSPS) is 11.6. The highest BCUT2D eigenvalue weighted by atomic mass is 16.5. The van der Waals surface area contributed by atoms with Crippen molar-refractivity contribution in [3.8, 4) is 5.75 Å². The Kier molecular flexibility index (Phi) is 7.00. The van der Waals surface area contributed by atoms with E-state index >= 15 is 0 Å². The molecule has 166 valence electrons. The topological polar surface area (TPSA) is 75.6 Å². The number of carbonyl (C=O) groups is 2. The SMILES string of the molecule is O=C(O)CC(CC(=O)Nc1ccc(OCc2ccc3ccccc3c2)cc1)c1ccccc1. The van der Waals surface area contributed by atoms with Crippen molar-refractivity contribution in [1.82, 2.24) is 0 Å². The number of aliphatic carboxylic acids is 1. The molecule has 1 unspecified atom stereocenters. The third kappa shape index (κ3) is 6.20. The van der Waals surface area contributed by atoms with Crippen molar-refractivity contribution < 1.29 is 19.4 Å². The lowest BCUT2D eigenvalue weighted by Crippen LogP contribution is -2.17. The van der Waals surface area contributed by atoms with E-state index in [-0.39, 0.29) is 24.7 Å². The number of ether oxygens (including phenoxy) is 1. The van der Waals surface area contributed by atoms with Crippen LogP contribution in [-0.4, -0.2) is 17.0 Å². The molecule has 0 spiro atoms. The molecular weight excluding hydrogens is 414 g/mol. The van der Waals surface area contributed by atoms with Crippen LogP contribution in [0, 0.1) is 0 Å². The van der Waals surface area contributed by atoms with E-state index in [0.717, 1.165) is 11.1 Å². The van der Waals surface area contributed by atoms with Crippen LogP contribution in [0.3, 0.4) is 0 Å². The van der Waals surface area contributed by atoms with Crippen molar-refractivity contribution in [3.05, 3.63) is 108 Å². The summed E-state index contributed by atoms with van der Waals surface area (Å²) in [7, 11) is 0. The molecule has 1 atom stereocenters.